The maximum Gasteiger partial charge on any atom is 0.297 e. The van der Waals surface area contributed by atoms with Crippen LogP contribution in [0.2, 0.25) is 0 Å². The van der Waals surface area contributed by atoms with E-state index in [9.17, 15) is 8.42 Å². The Labute approximate surface area is 127 Å². The van der Waals surface area contributed by atoms with Gasteiger partial charge in [0.2, 0.25) is 0 Å². The molecule has 118 valence electrons. The van der Waals surface area contributed by atoms with Gasteiger partial charge in [-0.25, -0.2) is 0 Å². The second-order valence-corrected chi connectivity index (χ2v) is 7.79. The van der Waals surface area contributed by atoms with Gasteiger partial charge in [0.05, 0.1) is 6.61 Å². The highest BCUT2D eigenvalue weighted by atomic mass is 32.2. The van der Waals surface area contributed by atoms with Crippen LogP contribution in [0.15, 0.2) is 4.90 Å². The van der Waals surface area contributed by atoms with Crippen LogP contribution >= 0.6 is 0 Å². The van der Waals surface area contributed by atoms with Gasteiger partial charge in [0.25, 0.3) is 10.1 Å². The van der Waals surface area contributed by atoms with Crippen molar-refractivity contribution in [1.82, 2.24) is 0 Å². The fraction of sp³-hybridized carbons (Fsp3) is 0.625. The molecule has 1 aromatic rings. The van der Waals surface area contributed by atoms with Crippen LogP contribution in [-0.2, 0) is 20.7 Å². The summed E-state index contributed by atoms with van der Waals surface area (Å²) in [5, 5.41) is 0. The average Bonchev–Trinajstić information content (AvgIpc) is 2.34. The van der Waals surface area contributed by atoms with E-state index in [1.165, 1.54) is 0 Å². The van der Waals surface area contributed by atoms with E-state index < -0.39 is 10.1 Å². The van der Waals surface area contributed by atoms with Gasteiger partial charge in [-0.3, -0.25) is 4.18 Å². The Balaban J connectivity index is 2.71. The number of hydrogen-bond donors (Lipinski definition) is 0. The summed E-state index contributed by atoms with van der Waals surface area (Å²) in [6.45, 7) is 11.5. The smallest absolute Gasteiger partial charge is 0.297 e. The number of fused-ring (bicyclic) bond motifs is 1. The Morgan fingerprint density at radius 2 is 1.76 bits per heavy atom. The highest BCUT2D eigenvalue weighted by Crippen LogP contribution is 2.42. The van der Waals surface area contributed by atoms with Crippen LogP contribution in [0.5, 0.6) is 5.75 Å². The molecule has 5 heteroatoms. The van der Waals surface area contributed by atoms with E-state index in [4.69, 9.17) is 8.92 Å². The molecule has 1 aromatic carbocycles. The van der Waals surface area contributed by atoms with Gasteiger partial charge in [-0.2, -0.15) is 8.42 Å². The Kier molecular flexibility index (Phi) is 4.10. The monoisotopic (exact) mass is 312 g/mol. The summed E-state index contributed by atoms with van der Waals surface area (Å²) in [5.74, 6) is 0.844. The van der Waals surface area contributed by atoms with Gasteiger partial charge in [0.15, 0.2) is 0 Å². The van der Waals surface area contributed by atoms with Gasteiger partial charge in [-0.05, 0) is 76.6 Å². The fourth-order valence-electron chi connectivity index (χ4n) is 2.94. The Hall–Kier alpha value is -1.07. The highest BCUT2D eigenvalue weighted by Gasteiger charge is 2.33. The average molecular weight is 312 g/mol. The first-order chi connectivity index (χ1) is 9.60. The predicted molar refractivity (Wildman–Crippen MR) is 82.5 cm³/mol. The van der Waals surface area contributed by atoms with E-state index in [1.807, 2.05) is 20.8 Å². The molecule has 0 atom stereocenters. The maximum atomic E-state index is 12.4. The molecular formula is C16H24O4S. The van der Waals surface area contributed by atoms with Crippen LogP contribution in [0.3, 0.4) is 0 Å². The summed E-state index contributed by atoms with van der Waals surface area (Å²) >= 11 is 0. The van der Waals surface area contributed by atoms with E-state index in [1.54, 1.807) is 6.92 Å². The van der Waals surface area contributed by atoms with Gasteiger partial charge in [-0.15, -0.1) is 0 Å². The molecule has 0 saturated carbocycles. The molecule has 0 bridgehead atoms. The predicted octanol–water partition coefficient (Wildman–Crippen LogP) is 3.44. The molecule has 0 saturated heterocycles. The third kappa shape index (κ3) is 2.81. The molecule has 0 aromatic heterocycles. The largest absolute Gasteiger partial charge is 0.487 e. The standard InChI is InChI=1S/C16H24O4S/c1-7-19-21(17,18)15-11(3)10(2)14-13(12(15)4)8-9-16(5,6)20-14/h7-9H2,1-6H3. The third-order valence-corrected chi connectivity index (χ3v) is 5.85. The maximum absolute atomic E-state index is 12.4. The lowest BCUT2D eigenvalue weighted by molar-refractivity contribution is 0.0831. The van der Waals surface area contributed by atoms with Crippen molar-refractivity contribution in [2.75, 3.05) is 6.61 Å². The molecule has 1 heterocycles. The van der Waals surface area contributed by atoms with Crippen LogP contribution in [0, 0.1) is 20.8 Å². The molecular weight excluding hydrogens is 288 g/mol. The zero-order valence-corrected chi connectivity index (χ0v) is 14.5. The SMILES string of the molecule is CCOS(=O)(=O)c1c(C)c(C)c2c(c1C)CCC(C)(C)O2. The number of ether oxygens (including phenoxy) is 1. The summed E-state index contributed by atoms with van der Waals surface area (Å²) in [7, 11) is -3.71. The van der Waals surface area contributed by atoms with Crippen molar-refractivity contribution in [3.63, 3.8) is 0 Å². The summed E-state index contributed by atoms with van der Waals surface area (Å²) in [6, 6.07) is 0. The second-order valence-electron chi connectivity index (χ2n) is 6.23. The van der Waals surface area contributed by atoms with Gasteiger partial charge >= 0.3 is 0 Å². The molecule has 0 N–H and O–H groups in total. The first kappa shape index (κ1) is 16.3. The third-order valence-electron chi connectivity index (χ3n) is 4.19. The first-order valence-corrected chi connectivity index (χ1v) is 8.72. The molecule has 0 amide bonds. The molecule has 2 rings (SSSR count). The lowest BCUT2D eigenvalue weighted by Gasteiger charge is -2.35. The van der Waals surface area contributed by atoms with Crippen molar-refractivity contribution in [3.05, 3.63) is 22.3 Å². The fourth-order valence-corrected chi connectivity index (χ4v) is 4.39. The zero-order valence-electron chi connectivity index (χ0n) is 13.7. The van der Waals surface area contributed by atoms with Crippen molar-refractivity contribution in [2.24, 2.45) is 0 Å². The minimum absolute atomic E-state index is 0.140. The molecule has 1 aliphatic heterocycles. The number of rotatable bonds is 3. The molecule has 0 radical (unpaired) electrons. The van der Waals surface area contributed by atoms with Crippen molar-refractivity contribution < 1.29 is 17.3 Å². The molecule has 0 spiro atoms. The minimum atomic E-state index is -3.71. The van der Waals surface area contributed by atoms with E-state index in [0.29, 0.717) is 4.90 Å². The zero-order chi connectivity index (χ0) is 16.0. The molecule has 21 heavy (non-hydrogen) atoms. The lowest BCUT2D eigenvalue weighted by Crippen LogP contribution is -2.34. The summed E-state index contributed by atoms with van der Waals surface area (Å²) < 4.78 is 35.9. The van der Waals surface area contributed by atoms with Gasteiger partial charge in [0, 0.05) is 0 Å². The summed E-state index contributed by atoms with van der Waals surface area (Å²) in [5.41, 5.74) is 3.16. The molecule has 0 fully saturated rings. The Bertz CT molecular complexity index is 672. The van der Waals surface area contributed by atoms with E-state index in [2.05, 4.69) is 13.8 Å². The van der Waals surface area contributed by atoms with E-state index in [0.717, 1.165) is 40.8 Å². The van der Waals surface area contributed by atoms with Crippen LogP contribution in [0.25, 0.3) is 0 Å². The van der Waals surface area contributed by atoms with Crippen LogP contribution in [0.1, 0.15) is 49.4 Å². The highest BCUT2D eigenvalue weighted by molar-refractivity contribution is 7.86. The van der Waals surface area contributed by atoms with Crippen molar-refractivity contribution in [2.45, 2.75) is 64.9 Å². The topological polar surface area (TPSA) is 52.6 Å². The van der Waals surface area contributed by atoms with Crippen LogP contribution in [-0.4, -0.2) is 20.6 Å². The minimum Gasteiger partial charge on any atom is -0.487 e. The van der Waals surface area contributed by atoms with Crippen molar-refractivity contribution in [3.8, 4) is 5.75 Å². The normalized spacial score (nSPS) is 17.2. The first-order valence-electron chi connectivity index (χ1n) is 7.32. The Morgan fingerprint density at radius 1 is 1.14 bits per heavy atom. The summed E-state index contributed by atoms with van der Waals surface area (Å²) in [6.07, 6.45) is 1.70. The molecule has 0 unspecified atom stereocenters. The summed E-state index contributed by atoms with van der Waals surface area (Å²) in [4.78, 5) is 0.309. The van der Waals surface area contributed by atoms with E-state index >= 15 is 0 Å². The van der Waals surface area contributed by atoms with Crippen LogP contribution in [0.4, 0.5) is 0 Å². The van der Waals surface area contributed by atoms with E-state index in [-0.39, 0.29) is 12.2 Å². The molecule has 0 aliphatic carbocycles. The number of benzene rings is 1. The van der Waals surface area contributed by atoms with Gasteiger partial charge in [0.1, 0.15) is 16.2 Å². The Morgan fingerprint density at radius 3 is 2.33 bits per heavy atom. The second kappa shape index (κ2) is 5.29. The van der Waals surface area contributed by atoms with Crippen molar-refractivity contribution in [1.29, 1.82) is 0 Å². The van der Waals surface area contributed by atoms with Crippen LogP contribution < -0.4 is 4.74 Å². The van der Waals surface area contributed by atoms with Crippen molar-refractivity contribution >= 4 is 10.1 Å². The lowest BCUT2D eigenvalue weighted by atomic mass is 9.88. The molecule has 4 nitrogen and oxygen atoms in total. The van der Waals surface area contributed by atoms with Gasteiger partial charge < -0.3 is 4.74 Å². The quantitative estimate of drug-likeness (QED) is 0.802. The number of hydrogen-bond acceptors (Lipinski definition) is 4. The van der Waals surface area contributed by atoms with Gasteiger partial charge in [-0.1, -0.05) is 0 Å². The molecule has 1 aliphatic rings.